The minimum absolute atomic E-state index is 0.174. The van der Waals surface area contributed by atoms with E-state index in [2.05, 4.69) is 10.3 Å². The van der Waals surface area contributed by atoms with Crippen LogP contribution in [0.4, 0.5) is 4.39 Å². The standard InChI is InChI=1S/C9H6FN3O/c10-8-3-1-2-4-9(8)13-5-7(6-14)11-12-13/h1-6H. The molecule has 1 aromatic heterocycles. The zero-order valence-electron chi connectivity index (χ0n) is 7.09. The first kappa shape index (κ1) is 8.55. The minimum Gasteiger partial charge on any atom is -0.296 e. The first-order valence-corrected chi connectivity index (χ1v) is 3.93. The van der Waals surface area contributed by atoms with Crippen molar-refractivity contribution in [3.8, 4) is 5.69 Å². The van der Waals surface area contributed by atoms with Crippen LogP contribution in [0.3, 0.4) is 0 Å². The highest BCUT2D eigenvalue weighted by Crippen LogP contribution is 2.10. The van der Waals surface area contributed by atoms with Gasteiger partial charge in [-0.15, -0.1) is 5.10 Å². The zero-order valence-corrected chi connectivity index (χ0v) is 7.09. The third-order valence-electron chi connectivity index (χ3n) is 1.73. The van der Waals surface area contributed by atoms with Gasteiger partial charge in [0.05, 0.1) is 6.20 Å². The summed E-state index contributed by atoms with van der Waals surface area (Å²) in [7, 11) is 0. The molecule has 0 aliphatic rings. The van der Waals surface area contributed by atoms with Gasteiger partial charge in [-0.3, -0.25) is 4.79 Å². The van der Waals surface area contributed by atoms with Gasteiger partial charge in [-0.2, -0.15) is 0 Å². The number of halogens is 1. The van der Waals surface area contributed by atoms with E-state index in [0.29, 0.717) is 6.29 Å². The molecule has 0 aliphatic heterocycles. The maximum Gasteiger partial charge on any atom is 0.171 e. The molecule has 0 aliphatic carbocycles. The predicted octanol–water partition coefficient (Wildman–Crippen LogP) is 1.22. The van der Waals surface area contributed by atoms with Gasteiger partial charge in [-0.05, 0) is 12.1 Å². The van der Waals surface area contributed by atoms with Crippen LogP contribution in [0.5, 0.6) is 0 Å². The second-order valence-corrected chi connectivity index (χ2v) is 2.66. The second-order valence-electron chi connectivity index (χ2n) is 2.66. The van der Waals surface area contributed by atoms with E-state index in [-0.39, 0.29) is 11.4 Å². The summed E-state index contributed by atoms with van der Waals surface area (Å²) in [6, 6.07) is 6.13. The van der Waals surface area contributed by atoms with Crippen molar-refractivity contribution in [2.45, 2.75) is 0 Å². The number of rotatable bonds is 2. The van der Waals surface area contributed by atoms with E-state index in [0.717, 1.165) is 0 Å². The quantitative estimate of drug-likeness (QED) is 0.670. The average Bonchev–Trinajstić information content (AvgIpc) is 2.67. The lowest BCUT2D eigenvalue weighted by molar-refractivity contribution is 0.111. The Labute approximate surface area is 79.0 Å². The molecule has 0 saturated heterocycles. The van der Waals surface area contributed by atoms with Crippen LogP contribution in [-0.2, 0) is 0 Å². The number of aromatic nitrogens is 3. The zero-order chi connectivity index (χ0) is 9.97. The van der Waals surface area contributed by atoms with Crippen LogP contribution >= 0.6 is 0 Å². The Morgan fingerprint density at radius 2 is 2.14 bits per heavy atom. The summed E-state index contributed by atoms with van der Waals surface area (Å²) in [6.07, 6.45) is 1.93. The average molecular weight is 191 g/mol. The first-order valence-electron chi connectivity index (χ1n) is 3.93. The molecule has 14 heavy (non-hydrogen) atoms. The van der Waals surface area contributed by atoms with Crippen LogP contribution < -0.4 is 0 Å². The number of carbonyl (C=O) groups excluding carboxylic acids is 1. The number of hydrogen-bond acceptors (Lipinski definition) is 3. The Morgan fingerprint density at radius 1 is 1.36 bits per heavy atom. The molecule has 0 N–H and O–H groups in total. The molecule has 70 valence electrons. The van der Waals surface area contributed by atoms with Crippen LogP contribution in [0, 0.1) is 5.82 Å². The first-order chi connectivity index (χ1) is 6.81. The van der Waals surface area contributed by atoms with Gasteiger partial charge < -0.3 is 0 Å². The molecule has 0 spiro atoms. The van der Waals surface area contributed by atoms with Gasteiger partial charge in [0, 0.05) is 0 Å². The van der Waals surface area contributed by atoms with E-state index >= 15 is 0 Å². The van der Waals surface area contributed by atoms with Gasteiger partial charge in [-0.1, -0.05) is 17.3 Å². The van der Waals surface area contributed by atoms with E-state index < -0.39 is 5.82 Å². The van der Waals surface area contributed by atoms with Crippen LogP contribution in [0.15, 0.2) is 30.5 Å². The van der Waals surface area contributed by atoms with Crippen molar-refractivity contribution in [2.24, 2.45) is 0 Å². The lowest BCUT2D eigenvalue weighted by Crippen LogP contribution is -1.97. The van der Waals surface area contributed by atoms with Crippen molar-refractivity contribution in [2.75, 3.05) is 0 Å². The summed E-state index contributed by atoms with van der Waals surface area (Å²) in [5.74, 6) is -0.408. The highest BCUT2D eigenvalue weighted by Gasteiger charge is 2.05. The second kappa shape index (κ2) is 3.37. The molecule has 0 amide bonds. The summed E-state index contributed by atoms with van der Waals surface area (Å²) < 4.78 is 14.4. The molecule has 1 heterocycles. The molecule has 0 atom stereocenters. The topological polar surface area (TPSA) is 47.8 Å². The number of nitrogens with zero attached hydrogens (tertiary/aromatic N) is 3. The van der Waals surface area contributed by atoms with Gasteiger partial charge in [0.2, 0.25) is 0 Å². The molecule has 0 fully saturated rings. The smallest absolute Gasteiger partial charge is 0.171 e. The summed E-state index contributed by atoms with van der Waals surface area (Å²) >= 11 is 0. The van der Waals surface area contributed by atoms with Gasteiger partial charge in [0.25, 0.3) is 0 Å². The van der Waals surface area contributed by atoms with Crippen LogP contribution in [0.25, 0.3) is 5.69 Å². The molecule has 0 bridgehead atoms. The summed E-state index contributed by atoms with van der Waals surface area (Å²) in [4.78, 5) is 10.3. The van der Waals surface area contributed by atoms with Gasteiger partial charge >= 0.3 is 0 Å². The molecule has 1 aromatic carbocycles. The Balaban J connectivity index is 2.49. The minimum atomic E-state index is -0.408. The Morgan fingerprint density at radius 3 is 2.79 bits per heavy atom. The number of benzene rings is 1. The largest absolute Gasteiger partial charge is 0.296 e. The van der Waals surface area contributed by atoms with E-state index in [9.17, 15) is 9.18 Å². The van der Waals surface area contributed by atoms with Crippen molar-refractivity contribution in [3.05, 3.63) is 42.0 Å². The van der Waals surface area contributed by atoms with E-state index in [1.54, 1.807) is 18.2 Å². The van der Waals surface area contributed by atoms with Gasteiger partial charge in [-0.25, -0.2) is 9.07 Å². The maximum absolute atomic E-state index is 13.2. The fraction of sp³-hybridized carbons (Fsp3) is 0. The van der Waals surface area contributed by atoms with Crippen molar-refractivity contribution in [1.29, 1.82) is 0 Å². The van der Waals surface area contributed by atoms with E-state index in [1.807, 2.05) is 0 Å². The van der Waals surface area contributed by atoms with Crippen LogP contribution in [0.1, 0.15) is 10.5 Å². The number of aldehydes is 1. The lowest BCUT2D eigenvalue weighted by Gasteiger charge is -1.99. The number of hydrogen-bond donors (Lipinski definition) is 0. The molecular formula is C9H6FN3O. The third-order valence-corrected chi connectivity index (χ3v) is 1.73. The Kier molecular flexibility index (Phi) is 2.06. The molecule has 0 saturated carbocycles. The van der Waals surface area contributed by atoms with E-state index in [1.165, 1.54) is 16.9 Å². The highest BCUT2D eigenvalue weighted by atomic mass is 19.1. The van der Waals surface area contributed by atoms with Crippen LogP contribution in [-0.4, -0.2) is 21.3 Å². The van der Waals surface area contributed by atoms with E-state index in [4.69, 9.17) is 0 Å². The molecular weight excluding hydrogens is 185 g/mol. The predicted molar refractivity (Wildman–Crippen MR) is 46.7 cm³/mol. The molecule has 2 aromatic rings. The summed E-state index contributed by atoms with van der Waals surface area (Å²) in [5.41, 5.74) is 0.446. The SMILES string of the molecule is O=Cc1cn(-c2ccccc2F)nn1. The third kappa shape index (κ3) is 1.39. The number of para-hydroxylation sites is 1. The molecule has 4 nitrogen and oxygen atoms in total. The molecule has 5 heteroatoms. The van der Waals surface area contributed by atoms with Crippen molar-refractivity contribution in [3.63, 3.8) is 0 Å². The van der Waals surface area contributed by atoms with Gasteiger partial charge in [0.1, 0.15) is 17.2 Å². The number of carbonyl (C=O) groups is 1. The fourth-order valence-corrected chi connectivity index (χ4v) is 1.09. The van der Waals surface area contributed by atoms with Crippen molar-refractivity contribution in [1.82, 2.24) is 15.0 Å². The highest BCUT2D eigenvalue weighted by molar-refractivity contribution is 5.70. The molecule has 0 radical (unpaired) electrons. The molecule has 0 unspecified atom stereocenters. The fourth-order valence-electron chi connectivity index (χ4n) is 1.09. The van der Waals surface area contributed by atoms with Crippen molar-refractivity contribution >= 4 is 6.29 Å². The van der Waals surface area contributed by atoms with Crippen LogP contribution in [0.2, 0.25) is 0 Å². The normalized spacial score (nSPS) is 10.1. The summed E-state index contributed by atoms with van der Waals surface area (Å²) in [5, 5.41) is 7.14. The monoisotopic (exact) mass is 191 g/mol. The lowest BCUT2D eigenvalue weighted by atomic mass is 10.3. The Hall–Kier alpha value is -2.04. The summed E-state index contributed by atoms with van der Waals surface area (Å²) in [6.45, 7) is 0. The van der Waals surface area contributed by atoms with Gasteiger partial charge in [0.15, 0.2) is 6.29 Å². The molecule has 2 rings (SSSR count). The Bertz CT molecular complexity index is 467. The maximum atomic E-state index is 13.2. The van der Waals surface area contributed by atoms with Crippen molar-refractivity contribution < 1.29 is 9.18 Å².